The van der Waals surface area contributed by atoms with E-state index in [0.717, 1.165) is 18.7 Å². The fourth-order valence-electron chi connectivity index (χ4n) is 2.98. The van der Waals surface area contributed by atoms with E-state index < -0.39 is 0 Å². The lowest BCUT2D eigenvalue weighted by Crippen LogP contribution is -2.45. The van der Waals surface area contributed by atoms with E-state index in [4.69, 9.17) is 4.74 Å². The molecule has 21 heavy (non-hydrogen) atoms. The second-order valence-electron chi connectivity index (χ2n) is 6.19. The number of rotatable bonds is 5. The van der Waals surface area contributed by atoms with Crippen LogP contribution in [0.4, 0.5) is 4.39 Å². The molecule has 3 nitrogen and oxygen atoms in total. The van der Waals surface area contributed by atoms with Crippen molar-refractivity contribution >= 4 is 0 Å². The summed E-state index contributed by atoms with van der Waals surface area (Å²) in [6.07, 6.45) is 2.34. The van der Waals surface area contributed by atoms with E-state index in [9.17, 15) is 4.39 Å². The molecule has 118 valence electrons. The van der Waals surface area contributed by atoms with E-state index in [-0.39, 0.29) is 11.9 Å². The molecule has 0 amide bonds. The van der Waals surface area contributed by atoms with Crippen LogP contribution in [0.5, 0.6) is 5.75 Å². The zero-order chi connectivity index (χ0) is 15.4. The third-order valence-corrected chi connectivity index (χ3v) is 4.42. The summed E-state index contributed by atoms with van der Waals surface area (Å²) in [5.41, 5.74) is 1.07. The van der Waals surface area contributed by atoms with E-state index in [2.05, 4.69) is 31.0 Å². The quantitative estimate of drug-likeness (QED) is 0.901. The molecule has 1 N–H and O–H groups in total. The predicted octanol–water partition coefficient (Wildman–Crippen LogP) is 3.36. The lowest BCUT2D eigenvalue weighted by molar-refractivity contribution is 0.157. The molecule has 1 heterocycles. The SMILES string of the molecule is COc1cc(C(C)NC2CCN(C(C)C)CC2)ccc1F. The summed E-state index contributed by atoms with van der Waals surface area (Å²) in [6, 6.07) is 6.47. The molecule has 1 aliphatic heterocycles. The Morgan fingerprint density at radius 1 is 1.24 bits per heavy atom. The van der Waals surface area contributed by atoms with Gasteiger partial charge in [-0.1, -0.05) is 6.07 Å². The van der Waals surface area contributed by atoms with Gasteiger partial charge in [0.15, 0.2) is 11.6 Å². The van der Waals surface area contributed by atoms with Crippen molar-refractivity contribution in [2.24, 2.45) is 0 Å². The van der Waals surface area contributed by atoms with Gasteiger partial charge in [-0.05, 0) is 64.4 Å². The van der Waals surface area contributed by atoms with Crippen LogP contribution in [0.1, 0.15) is 45.2 Å². The number of benzene rings is 1. The maximum atomic E-state index is 13.5. The summed E-state index contributed by atoms with van der Waals surface area (Å²) in [5.74, 6) is 0.00877. The normalized spacial score (nSPS) is 19.0. The van der Waals surface area contributed by atoms with Crippen LogP contribution in [0.15, 0.2) is 18.2 Å². The minimum atomic E-state index is -0.307. The average Bonchev–Trinajstić information content (AvgIpc) is 2.48. The Morgan fingerprint density at radius 2 is 1.90 bits per heavy atom. The zero-order valence-corrected chi connectivity index (χ0v) is 13.5. The molecule has 1 atom stereocenters. The highest BCUT2D eigenvalue weighted by Crippen LogP contribution is 2.24. The van der Waals surface area contributed by atoms with Crippen LogP contribution in [0.3, 0.4) is 0 Å². The van der Waals surface area contributed by atoms with Crippen LogP contribution in [0.2, 0.25) is 0 Å². The van der Waals surface area contributed by atoms with Crippen molar-refractivity contribution in [3.63, 3.8) is 0 Å². The first-order valence-corrected chi connectivity index (χ1v) is 7.84. The highest BCUT2D eigenvalue weighted by atomic mass is 19.1. The Balaban J connectivity index is 1.91. The molecule has 0 spiro atoms. The average molecular weight is 294 g/mol. The van der Waals surface area contributed by atoms with Crippen molar-refractivity contribution in [1.82, 2.24) is 10.2 Å². The molecular weight excluding hydrogens is 267 g/mol. The molecule has 1 aliphatic rings. The maximum Gasteiger partial charge on any atom is 0.165 e. The first kappa shape index (κ1) is 16.2. The minimum Gasteiger partial charge on any atom is -0.494 e. The Morgan fingerprint density at radius 3 is 2.48 bits per heavy atom. The summed E-state index contributed by atoms with van der Waals surface area (Å²) >= 11 is 0. The van der Waals surface area contributed by atoms with Gasteiger partial charge in [-0.15, -0.1) is 0 Å². The van der Waals surface area contributed by atoms with Crippen LogP contribution in [0, 0.1) is 5.82 Å². The van der Waals surface area contributed by atoms with Gasteiger partial charge in [-0.25, -0.2) is 4.39 Å². The highest BCUT2D eigenvalue weighted by Gasteiger charge is 2.22. The Kier molecular flexibility index (Phi) is 5.59. The number of hydrogen-bond donors (Lipinski definition) is 1. The molecule has 0 aliphatic carbocycles. The van der Waals surface area contributed by atoms with Crippen molar-refractivity contribution < 1.29 is 9.13 Å². The number of ether oxygens (including phenoxy) is 1. The van der Waals surface area contributed by atoms with E-state index in [1.165, 1.54) is 26.0 Å². The molecule has 0 aromatic heterocycles. The van der Waals surface area contributed by atoms with Gasteiger partial charge in [0.1, 0.15) is 0 Å². The van der Waals surface area contributed by atoms with E-state index >= 15 is 0 Å². The number of halogens is 1. The summed E-state index contributed by atoms with van der Waals surface area (Å²) in [7, 11) is 1.50. The number of hydrogen-bond acceptors (Lipinski definition) is 3. The Labute approximate surface area is 127 Å². The third-order valence-electron chi connectivity index (χ3n) is 4.42. The standard InChI is InChI=1S/C17H27FN2O/c1-12(2)20-9-7-15(8-10-20)19-13(3)14-5-6-16(18)17(11-14)21-4/h5-6,11-13,15,19H,7-10H2,1-4H3. The van der Waals surface area contributed by atoms with Crippen LogP contribution < -0.4 is 10.1 Å². The van der Waals surface area contributed by atoms with Gasteiger partial charge < -0.3 is 15.0 Å². The number of nitrogens with zero attached hydrogens (tertiary/aromatic N) is 1. The van der Waals surface area contributed by atoms with Crippen molar-refractivity contribution in [1.29, 1.82) is 0 Å². The maximum absolute atomic E-state index is 13.5. The minimum absolute atomic E-state index is 0.204. The highest BCUT2D eigenvalue weighted by molar-refractivity contribution is 5.32. The molecule has 1 fully saturated rings. The van der Waals surface area contributed by atoms with Gasteiger partial charge in [0.25, 0.3) is 0 Å². The number of likely N-dealkylation sites (tertiary alicyclic amines) is 1. The van der Waals surface area contributed by atoms with Crippen molar-refractivity contribution in [2.45, 2.75) is 51.7 Å². The van der Waals surface area contributed by atoms with E-state index in [1.54, 1.807) is 6.07 Å². The third kappa shape index (κ3) is 4.17. The molecule has 0 bridgehead atoms. The van der Waals surface area contributed by atoms with Crippen LogP contribution >= 0.6 is 0 Å². The van der Waals surface area contributed by atoms with Gasteiger partial charge in [-0.3, -0.25) is 0 Å². The molecule has 0 saturated carbocycles. The van der Waals surface area contributed by atoms with Crippen molar-refractivity contribution in [3.05, 3.63) is 29.6 Å². The van der Waals surface area contributed by atoms with Crippen molar-refractivity contribution in [2.75, 3.05) is 20.2 Å². The first-order valence-electron chi connectivity index (χ1n) is 7.84. The lowest BCUT2D eigenvalue weighted by atomic mass is 10.0. The lowest BCUT2D eigenvalue weighted by Gasteiger charge is -2.36. The fraction of sp³-hybridized carbons (Fsp3) is 0.647. The molecule has 4 heteroatoms. The summed E-state index contributed by atoms with van der Waals surface area (Å²) in [5, 5.41) is 3.66. The molecule has 0 radical (unpaired) electrons. The topological polar surface area (TPSA) is 24.5 Å². The van der Waals surface area contributed by atoms with Crippen LogP contribution in [0.25, 0.3) is 0 Å². The second-order valence-corrected chi connectivity index (χ2v) is 6.19. The van der Waals surface area contributed by atoms with E-state index in [1.807, 2.05) is 6.07 Å². The smallest absolute Gasteiger partial charge is 0.165 e. The summed E-state index contributed by atoms with van der Waals surface area (Å²) < 4.78 is 18.5. The molecular formula is C17H27FN2O. The molecule has 1 aromatic rings. The Hall–Kier alpha value is -1.13. The van der Waals surface area contributed by atoms with Gasteiger partial charge >= 0.3 is 0 Å². The molecule has 1 unspecified atom stereocenters. The van der Waals surface area contributed by atoms with Crippen LogP contribution in [-0.4, -0.2) is 37.2 Å². The second kappa shape index (κ2) is 7.23. The monoisotopic (exact) mass is 294 g/mol. The van der Waals surface area contributed by atoms with Crippen molar-refractivity contribution in [3.8, 4) is 5.75 Å². The van der Waals surface area contributed by atoms with Crippen LogP contribution in [-0.2, 0) is 0 Å². The predicted molar refractivity (Wildman–Crippen MR) is 84.2 cm³/mol. The van der Waals surface area contributed by atoms with Gasteiger partial charge in [0.2, 0.25) is 0 Å². The number of piperidine rings is 1. The van der Waals surface area contributed by atoms with Gasteiger partial charge in [0, 0.05) is 18.1 Å². The summed E-state index contributed by atoms with van der Waals surface area (Å²) in [4.78, 5) is 2.52. The largest absolute Gasteiger partial charge is 0.494 e. The first-order chi connectivity index (χ1) is 10.0. The number of nitrogens with one attached hydrogen (secondary N) is 1. The van der Waals surface area contributed by atoms with Gasteiger partial charge in [-0.2, -0.15) is 0 Å². The molecule has 1 aromatic carbocycles. The summed E-state index contributed by atoms with van der Waals surface area (Å²) in [6.45, 7) is 8.92. The zero-order valence-electron chi connectivity index (χ0n) is 13.5. The fourth-order valence-corrected chi connectivity index (χ4v) is 2.98. The molecule has 2 rings (SSSR count). The number of methoxy groups -OCH3 is 1. The van der Waals surface area contributed by atoms with E-state index in [0.29, 0.717) is 17.8 Å². The Bertz CT molecular complexity index is 456. The molecule has 1 saturated heterocycles. The van der Waals surface area contributed by atoms with Gasteiger partial charge in [0.05, 0.1) is 7.11 Å².